The number of halogens is 2. The number of hydrogen-bond acceptors (Lipinski definition) is 2. The second kappa shape index (κ2) is 8.32. The molecule has 0 aromatic heterocycles. The molecule has 22 heavy (non-hydrogen) atoms. The summed E-state index contributed by atoms with van der Waals surface area (Å²) >= 11 is 3.56. The lowest BCUT2D eigenvalue weighted by Gasteiger charge is -2.21. The van der Waals surface area contributed by atoms with E-state index >= 15 is 0 Å². The molecule has 3 rings (SSSR count). The Labute approximate surface area is 147 Å². The molecule has 0 saturated carbocycles. The lowest BCUT2D eigenvalue weighted by atomic mass is 9.92. The number of carbonyl (C=O) groups excluding carboxylic acids is 1. The number of fused-ring (bicyclic) bond motifs is 1. The van der Waals surface area contributed by atoms with Crippen molar-refractivity contribution in [2.45, 2.75) is 25.7 Å². The summed E-state index contributed by atoms with van der Waals surface area (Å²) < 4.78 is 1.11. The Hall–Kier alpha value is -0.580. The van der Waals surface area contributed by atoms with Crippen molar-refractivity contribution in [3.8, 4) is 0 Å². The molecule has 122 valence electrons. The predicted molar refractivity (Wildman–Crippen MR) is 95.4 cm³/mol. The maximum atomic E-state index is 12.5. The third-order valence-corrected chi connectivity index (χ3v) is 5.71. The van der Waals surface area contributed by atoms with E-state index in [1.54, 1.807) is 0 Å². The van der Waals surface area contributed by atoms with Crippen LogP contribution in [0.3, 0.4) is 0 Å². The molecule has 5 heteroatoms. The highest BCUT2D eigenvalue weighted by atomic mass is 79.9. The molecule has 1 aromatic carbocycles. The summed E-state index contributed by atoms with van der Waals surface area (Å²) in [5.41, 5.74) is 1.22. The number of nitrogens with one attached hydrogen (secondary N) is 1. The molecule has 0 bridgehead atoms. The van der Waals surface area contributed by atoms with Gasteiger partial charge in [-0.05, 0) is 55.8 Å². The predicted octanol–water partition coefficient (Wildman–Crippen LogP) is 3.26. The molecule has 2 heterocycles. The van der Waals surface area contributed by atoms with Crippen molar-refractivity contribution in [2.24, 2.45) is 11.8 Å². The van der Waals surface area contributed by atoms with Crippen LogP contribution in [-0.4, -0.2) is 37.0 Å². The minimum Gasteiger partial charge on any atom is -0.343 e. The molecule has 1 aromatic rings. The summed E-state index contributed by atoms with van der Waals surface area (Å²) in [6, 6.07) is 8.18. The van der Waals surface area contributed by atoms with Gasteiger partial charge in [0.15, 0.2) is 0 Å². The molecule has 1 N–H and O–H groups in total. The first-order valence-electron chi connectivity index (χ1n) is 7.96. The van der Waals surface area contributed by atoms with E-state index in [1.165, 1.54) is 18.4 Å². The summed E-state index contributed by atoms with van der Waals surface area (Å²) in [4.78, 5) is 14.5. The Bertz CT molecular complexity index is 497. The van der Waals surface area contributed by atoms with Crippen molar-refractivity contribution in [2.75, 3.05) is 26.2 Å². The van der Waals surface area contributed by atoms with Crippen molar-refractivity contribution in [3.63, 3.8) is 0 Å². The van der Waals surface area contributed by atoms with Gasteiger partial charge < -0.3 is 10.2 Å². The summed E-state index contributed by atoms with van der Waals surface area (Å²) in [6.45, 7) is 4.17. The van der Waals surface area contributed by atoms with Gasteiger partial charge in [-0.15, -0.1) is 12.4 Å². The van der Waals surface area contributed by atoms with Crippen LogP contribution in [0.1, 0.15) is 24.8 Å². The number of benzene rings is 1. The standard InChI is InChI=1S/C17H23BrN2O.ClH/c18-16-4-2-1-3-13(16)5-6-17(21)20-9-7-14-11-19-12-15(14)8-10-20;/h1-4,14-15,19H,5-12H2;1H/t14-,15+;. The summed E-state index contributed by atoms with van der Waals surface area (Å²) in [5.74, 6) is 1.89. The van der Waals surface area contributed by atoms with Gasteiger partial charge in [-0.3, -0.25) is 4.79 Å². The maximum absolute atomic E-state index is 12.5. The maximum Gasteiger partial charge on any atom is 0.222 e. The highest BCUT2D eigenvalue weighted by Crippen LogP contribution is 2.27. The number of nitrogens with zero attached hydrogens (tertiary/aromatic N) is 1. The van der Waals surface area contributed by atoms with E-state index in [4.69, 9.17) is 0 Å². The van der Waals surface area contributed by atoms with E-state index in [-0.39, 0.29) is 12.4 Å². The molecular formula is C17H24BrClN2O. The third kappa shape index (κ3) is 4.24. The first-order valence-corrected chi connectivity index (χ1v) is 8.75. The van der Waals surface area contributed by atoms with Gasteiger partial charge in [-0.2, -0.15) is 0 Å². The molecule has 0 radical (unpaired) electrons. The fraction of sp³-hybridized carbons (Fsp3) is 0.588. The number of likely N-dealkylation sites (tertiary alicyclic amines) is 1. The smallest absolute Gasteiger partial charge is 0.222 e. The fourth-order valence-electron chi connectivity index (χ4n) is 3.57. The van der Waals surface area contributed by atoms with Crippen molar-refractivity contribution in [3.05, 3.63) is 34.3 Å². The topological polar surface area (TPSA) is 32.3 Å². The second-order valence-electron chi connectivity index (χ2n) is 6.23. The fourth-order valence-corrected chi connectivity index (χ4v) is 4.05. The highest BCUT2D eigenvalue weighted by Gasteiger charge is 2.31. The van der Waals surface area contributed by atoms with Gasteiger partial charge in [0.2, 0.25) is 5.91 Å². The zero-order chi connectivity index (χ0) is 14.7. The van der Waals surface area contributed by atoms with Gasteiger partial charge in [0, 0.05) is 24.0 Å². The zero-order valence-electron chi connectivity index (χ0n) is 12.8. The van der Waals surface area contributed by atoms with E-state index in [0.717, 1.165) is 48.9 Å². The van der Waals surface area contributed by atoms with E-state index < -0.39 is 0 Å². The molecule has 2 saturated heterocycles. The SMILES string of the molecule is Cl.O=C(CCc1ccccc1Br)N1CC[C@@H]2CNC[C@@H]2CC1. The minimum atomic E-state index is 0. The number of amides is 1. The minimum absolute atomic E-state index is 0. The molecule has 2 aliphatic heterocycles. The quantitative estimate of drug-likeness (QED) is 0.863. The highest BCUT2D eigenvalue weighted by molar-refractivity contribution is 9.10. The lowest BCUT2D eigenvalue weighted by Crippen LogP contribution is -2.32. The van der Waals surface area contributed by atoms with Crippen LogP contribution in [0.4, 0.5) is 0 Å². The number of aryl methyl sites for hydroxylation is 1. The van der Waals surface area contributed by atoms with Crippen LogP contribution in [-0.2, 0) is 11.2 Å². The normalized spacial score (nSPS) is 24.3. The number of rotatable bonds is 3. The van der Waals surface area contributed by atoms with Crippen LogP contribution in [0.2, 0.25) is 0 Å². The Morgan fingerprint density at radius 1 is 1.18 bits per heavy atom. The molecule has 3 nitrogen and oxygen atoms in total. The molecule has 2 atom stereocenters. The largest absolute Gasteiger partial charge is 0.343 e. The van der Waals surface area contributed by atoms with Crippen LogP contribution >= 0.6 is 28.3 Å². The van der Waals surface area contributed by atoms with Crippen molar-refractivity contribution in [1.29, 1.82) is 0 Å². The van der Waals surface area contributed by atoms with Gasteiger partial charge in [-0.1, -0.05) is 34.1 Å². The summed E-state index contributed by atoms with van der Waals surface area (Å²) in [7, 11) is 0. The Balaban J connectivity index is 0.00000176. The zero-order valence-corrected chi connectivity index (χ0v) is 15.2. The Kier molecular flexibility index (Phi) is 6.72. The van der Waals surface area contributed by atoms with Crippen LogP contribution in [0, 0.1) is 11.8 Å². The number of carbonyl (C=O) groups is 1. The van der Waals surface area contributed by atoms with Crippen LogP contribution < -0.4 is 5.32 Å². The summed E-state index contributed by atoms with van der Waals surface area (Å²) in [5, 5.41) is 3.48. The van der Waals surface area contributed by atoms with Crippen LogP contribution in [0.15, 0.2) is 28.7 Å². The average Bonchev–Trinajstić information content (AvgIpc) is 2.85. The average molecular weight is 388 g/mol. The van der Waals surface area contributed by atoms with Crippen molar-refractivity contribution >= 4 is 34.2 Å². The third-order valence-electron chi connectivity index (χ3n) is 4.94. The number of hydrogen-bond donors (Lipinski definition) is 1. The van der Waals surface area contributed by atoms with Crippen LogP contribution in [0.25, 0.3) is 0 Å². The van der Waals surface area contributed by atoms with E-state index in [2.05, 4.69) is 32.2 Å². The van der Waals surface area contributed by atoms with E-state index in [0.29, 0.717) is 12.3 Å². The van der Waals surface area contributed by atoms with Gasteiger partial charge in [-0.25, -0.2) is 0 Å². The van der Waals surface area contributed by atoms with E-state index in [9.17, 15) is 4.79 Å². The molecule has 1 amide bonds. The van der Waals surface area contributed by atoms with Crippen molar-refractivity contribution in [1.82, 2.24) is 10.2 Å². The van der Waals surface area contributed by atoms with Gasteiger partial charge in [0.25, 0.3) is 0 Å². The van der Waals surface area contributed by atoms with Gasteiger partial charge in [0.05, 0.1) is 0 Å². The molecule has 2 fully saturated rings. The Morgan fingerprint density at radius 3 is 2.45 bits per heavy atom. The summed E-state index contributed by atoms with van der Waals surface area (Å²) in [6.07, 6.45) is 3.78. The molecule has 0 unspecified atom stereocenters. The van der Waals surface area contributed by atoms with E-state index in [1.807, 2.05) is 18.2 Å². The lowest BCUT2D eigenvalue weighted by molar-refractivity contribution is -0.131. The van der Waals surface area contributed by atoms with Crippen molar-refractivity contribution < 1.29 is 4.79 Å². The Morgan fingerprint density at radius 2 is 1.82 bits per heavy atom. The van der Waals surface area contributed by atoms with Gasteiger partial charge >= 0.3 is 0 Å². The molecule has 0 aliphatic carbocycles. The van der Waals surface area contributed by atoms with Gasteiger partial charge in [0.1, 0.15) is 0 Å². The first-order chi connectivity index (χ1) is 10.2. The molecule has 2 aliphatic rings. The van der Waals surface area contributed by atoms with Crippen LogP contribution in [0.5, 0.6) is 0 Å². The monoisotopic (exact) mass is 386 g/mol. The second-order valence-corrected chi connectivity index (χ2v) is 7.08. The molecular weight excluding hydrogens is 364 g/mol. The molecule has 0 spiro atoms. The first kappa shape index (κ1) is 17.8.